The number of guanidine groups is 1. The van der Waals surface area contributed by atoms with E-state index in [4.69, 9.17) is 4.74 Å². The topological polar surface area (TPSA) is 83.0 Å². The van der Waals surface area contributed by atoms with Crippen LogP contribution in [0.2, 0.25) is 0 Å². The number of ether oxygens (including phenoxy) is 1. The predicted octanol–water partition coefficient (Wildman–Crippen LogP) is 3.15. The van der Waals surface area contributed by atoms with Crippen molar-refractivity contribution in [2.45, 2.75) is 45.4 Å². The highest BCUT2D eigenvalue weighted by Gasteiger charge is 2.33. The maximum absolute atomic E-state index is 12.8. The smallest absolute Gasteiger partial charge is 0.236 e. The molecule has 1 fully saturated rings. The molecule has 2 aliphatic rings. The van der Waals surface area contributed by atoms with E-state index in [2.05, 4.69) is 15.6 Å². The van der Waals surface area contributed by atoms with Crippen molar-refractivity contribution < 1.29 is 13.2 Å². The third kappa shape index (κ3) is 6.95. The number of fused-ring (bicyclic) bond motifs is 1. The SMILES string of the molecule is CCOCCC1(CNC(=NC)NCCS(=O)(=O)N2CCc3ccccc32)CCCC1.I. The molecule has 0 unspecified atom stereocenters. The Balaban J connectivity index is 0.00000341. The van der Waals surface area contributed by atoms with Crippen LogP contribution in [0.15, 0.2) is 29.3 Å². The van der Waals surface area contributed by atoms with Crippen LogP contribution >= 0.6 is 24.0 Å². The first-order valence-electron chi connectivity index (χ1n) is 11.1. The van der Waals surface area contributed by atoms with Crippen LogP contribution < -0.4 is 14.9 Å². The number of aliphatic imine (C=N–C) groups is 1. The molecule has 1 aliphatic carbocycles. The van der Waals surface area contributed by atoms with Gasteiger partial charge in [-0.25, -0.2) is 8.42 Å². The average Bonchev–Trinajstić information content (AvgIpc) is 3.38. The lowest BCUT2D eigenvalue weighted by atomic mass is 9.83. The van der Waals surface area contributed by atoms with Gasteiger partial charge < -0.3 is 15.4 Å². The second-order valence-corrected chi connectivity index (χ2v) is 10.3. The lowest BCUT2D eigenvalue weighted by Gasteiger charge is -2.30. The van der Waals surface area contributed by atoms with Gasteiger partial charge in [-0.05, 0) is 49.7 Å². The van der Waals surface area contributed by atoms with Gasteiger partial charge in [0.05, 0.1) is 11.4 Å². The van der Waals surface area contributed by atoms with Crippen LogP contribution in [0, 0.1) is 5.41 Å². The number of hydrogen-bond acceptors (Lipinski definition) is 4. The molecule has 2 N–H and O–H groups in total. The van der Waals surface area contributed by atoms with Crippen LogP contribution in [0.5, 0.6) is 0 Å². The van der Waals surface area contributed by atoms with Crippen LogP contribution in [-0.2, 0) is 21.2 Å². The van der Waals surface area contributed by atoms with Crippen LogP contribution in [0.1, 0.15) is 44.6 Å². The van der Waals surface area contributed by atoms with Crippen molar-refractivity contribution in [1.29, 1.82) is 0 Å². The second kappa shape index (κ2) is 12.2. The number of nitrogens with one attached hydrogen (secondary N) is 2. The largest absolute Gasteiger partial charge is 0.382 e. The highest BCUT2D eigenvalue weighted by Crippen LogP contribution is 2.40. The fourth-order valence-corrected chi connectivity index (χ4v) is 6.00. The van der Waals surface area contributed by atoms with Gasteiger partial charge in [0.25, 0.3) is 0 Å². The Morgan fingerprint density at radius 1 is 1.23 bits per heavy atom. The Morgan fingerprint density at radius 2 is 1.97 bits per heavy atom. The molecule has 0 radical (unpaired) electrons. The molecule has 0 atom stereocenters. The molecule has 3 rings (SSSR count). The van der Waals surface area contributed by atoms with Crippen molar-refractivity contribution in [3.8, 4) is 0 Å². The summed E-state index contributed by atoms with van der Waals surface area (Å²) in [6.07, 6.45) is 6.74. The summed E-state index contributed by atoms with van der Waals surface area (Å²) in [6, 6.07) is 7.73. The third-order valence-electron chi connectivity index (χ3n) is 6.33. The number of halogens is 1. The van der Waals surface area contributed by atoms with E-state index in [1.54, 1.807) is 11.4 Å². The van der Waals surface area contributed by atoms with Crippen LogP contribution in [-0.4, -0.2) is 60.0 Å². The summed E-state index contributed by atoms with van der Waals surface area (Å²) in [5.41, 5.74) is 2.16. The molecule has 0 saturated heterocycles. The molecule has 9 heteroatoms. The molecule has 31 heavy (non-hydrogen) atoms. The molecule has 1 aromatic carbocycles. The minimum absolute atomic E-state index is 0. The Hall–Kier alpha value is -1.07. The number of anilines is 1. The lowest BCUT2D eigenvalue weighted by Crippen LogP contribution is -2.45. The molecule has 0 spiro atoms. The molecule has 176 valence electrons. The number of sulfonamides is 1. The highest BCUT2D eigenvalue weighted by molar-refractivity contribution is 14.0. The summed E-state index contributed by atoms with van der Waals surface area (Å²) in [5.74, 6) is 0.701. The molecule has 0 amide bonds. The van der Waals surface area contributed by atoms with E-state index >= 15 is 0 Å². The second-order valence-electron chi connectivity index (χ2n) is 8.27. The van der Waals surface area contributed by atoms with Crippen molar-refractivity contribution in [3.63, 3.8) is 0 Å². The van der Waals surface area contributed by atoms with Gasteiger partial charge in [0, 0.05) is 39.9 Å². The maximum atomic E-state index is 12.8. The van der Waals surface area contributed by atoms with Gasteiger partial charge in [0.15, 0.2) is 5.96 Å². The van der Waals surface area contributed by atoms with Gasteiger partial charge in [-0.1, -0.05) is 31.0 Å². The highest BCUT2D eigenvalue weighted by atomic mass is 127. The minimum atomic E-state index is -3.36. The summed E-state index contributed by atoms with van der Waals surface area (Å²) < 4.78 is 32.8. The van der Waals surface area contributed by atoms with Crippen LogP contribution in [0.3, 0.4) is 0 Å². The van der Waals surface area contributed by atoms with Crippen molar-refractivity contribution in [3.05, 3.63) is 29.8 Å². The van der Waals surface area contributed by atoms with E-state index in [-0.39, 0.29) is 35.1 Å². The van der Waals surface area contributed by atoms with Crippen LogP contribution in [0.4, 0.5) is 5.69 Å². The first-order chi connectivity index (χ1) is 14.5. The van der Waals surface area contributed by atoms with Crippen LogP contribution in [0.25, 0.3) is 0 Å². The quantitative estimate of drug-likeness (QED) is 0.198. The maximum Gasteiger partial charge on any atom is 0.236 e. The summed E-state index contributed by atoms with van der Waals surface area (Å²) >= 11 is 0. The van der Waals surface area contributed by atoms with E-state index in [0.29, 0.717) is 19.0 Å². The van der Waals surface area contributed by atoms with Crippen molar-refractivity contribution in [1.82, 2.24) is 10.6 Å². The summed E-state index contributed by atoms with van der Waals surface area (Å²) in [4.78, 5) is 4.28. The summed E-state index contributed by atoms with van der Waals surface area (Å²) in [5, 5.41) is 6.61. The fraction of sp³-hybridized carbons (Fsp3) is 0.682. The normalized spacial score (nSPS) is 17.9. The Kier molecular flexibility index (Phi) is 10.3. The molecule has 0 aromatic heterocycles. The molecular formula is C22H37IN4O3S. The van der Waals surface area contributed by atoms with E-state index in [1.807, 2.05) is 31.2 Å². The lowest BCUT2D eigenvalue weighted by molar-refractivity contribution is 0.105. The minimum Gasteiger partial charge on any atom is -0.382 e. The van der Waals surface area contributed by atoms with Gasteiger partial charge in [-0.2, -0.15) is 0 Å². The molecule has 1 aromatic rings. The first kappa shape index (κ1) is 26.2. The third-order valence-corrected chi connectivity index (χ3v) is 8.10. The number of benzene rings is 1. The van der Waals surface area contributed by atoms with Gasteiger partial charge in [-0.15, -0.1) is 24.0 Å². The molecule has 7 nitrogen and oxygen atoms in total. The van der Waals surface area contributed by atoms with Crippen molar-refractivity contribution in [2.24, 2.45) is 10.4 Å². The zero-order chi connectivity index (χ0) is 21.5. The van der Waals surface area contributed by atoms with Gasteiger partial charge in [0.2, 0.25) is 10.0 Å². The standard InChI is InChI=1S/C22H36N4O3S.HI/c1-3-29-16-13-22(11-6-7-12-22)18-25-21(23-2)24-14-17-30(27,28)26-15-10-19-8-4-5-9-20(19)26;/h4-5,8-9H,3,6-7,10-18H2,1-2H3,(H2,23,24,25);1H. The Labute approximate surface area is 204 Å². The predicted molar refractivity (Wildman–Crippen MR) is 138 cm³/mol. The van der Waals surface area contributed by atoms with Crippen molar-refractivity contribution >= 4 is 45.6 Å². The number of para-hydroxylation sites is 1. The summed E-state index contributed by atoms with van der Waals surface area (Å²) in [7, 11) is -1.64. The fourth-order valence-electron chi connectivity index (χ4n) is 4.57. The van der Waals surface area contributed by atoms with E-state index in [0.717, 1.165) is 43.9 Å². The molecule has 1 saturated carbocycles. The monoisotopic (exact) mass is 564 g/mol. The first-order valence-corrected chi connectivity index (χ1v) is 12.7. The zero-order valence-electron chi connectivity index (χ0n) is 18.7. The average molecular weight is 565 g/mol. The number of nitrogens with zero attached hydrogens (tertiary/aromatic N) is 2. The Morgan fingerprint density at radius 3 is 2.68 bits per heavy atom. The van der Waals surface area contributed by atoms with Gasteiger partial charge >= 0.3 is 0 Å². The van der Waals surface area contributed by atoms with E-state index < -0.39 is 10.0 Å². The van der Waals surface area contributed by atoms with E-state index in [1.165, 1.54) is 25.7 Å². The summed E-state index contributed by atoms with van der Waals surface area (Å²) in [6.45, 7) is 5.26. The van der Waals surface area contributed by atoms with Gasteiger partial charge in [0.1, 0.15) is 0 Å². The van der Waals surface area contributed by atoms with E-state index in [9.17, 15) is 8.42 Å². The Bertz CT molecular complexity index is 826. The molecule has 1 aliphatic heterocycles. The molecular weight excluding hydrogens is 527 g/mol. The van der Waals surface area contributed by atoms with Crippen molar-refractivity contribution in [2.75, 3.05) is 50.0 Å². The van der Waals surface area contributed by atoms with Gasteiger partial charge in [-0.3, -0.25) is 9.30 Å². The zero-order valence-corrected chi connectivity index (χ0v) is 21.9. The number of hydrogen-bond donors (Lipinski definition) is 2. The molecule has 1 heterocycles. The number of rotatable bonds is 10. The molecule has 0 bridgehead atoms.